The van der Waals surface area contributed by atoms with Crippen molar-refractivity contribution in [2.45, 2.75) is 0 Å². The Bertz CT molecular complexity index is 897. The molecule has 0 aliphatic carbocycles. The van der Waals surface area contributed by atoms with Crippen molar-refractivity contribution in [2.24, 2.45) is 0 Å². The normalized spacial score (nSPS) is 14.1. The van der Waals surface area contributed by atoms with Gasteiger partial charge in [0.05, 0.1) is 0 Å². The van der Waals surface area contributed by atoms with Gasteiger partial charge in [0.1, 0.15) is 5.75 Å². The Morgan fingerprint density at radius 2 is 1.63 bits per heavy atom. The van der Waals surface area contributed by atoms with E-state index in [0.717, 1.165) is 0 Å². The number of carbonyl (C=O) groups is 1. The first-order chi connectivity index (χ1) is 13.3. The number of benzene rings is 1. The summed E-state index contributed by atoms with van der Waals surface area (Å²) >= 11 is 0. The number of pyridine rings is 1. The smallest absolute Gasteiger partial charge is 0.254 e. The average molecular weight is 361 g/mol. The highest BCUT2D eigenvalue weighted by molar-refractivity contribution is 5.94. The molecule has 1 saturated heterocycles. The van der Waals surface area contributed by atoms with Gasteiger partial charge in [-0.05, 0) is 30.3 Å². The zero-order chi connectivity index (χ0) is 18.5. The van der Waals surface area contributed by atoms with Gasteiger partial charge in [0, 0.05) is 56.4 Å². The van der Waals surface area contributed by atoms with Crippen molar-refractivity contribution in [3.63, 3.8) is 0 Å². The number of nitrogens with zero attached hydrogens (tertiary/aromatic N) is 5. The Hall–Kier alpha value is -3.48. The van der Waals surface area contributed by atoms with Gasteiger partial charge >= 0.3 is 0 Å². The fourth-order valence-electron chi connectivity index (χ4n) is 2.97. The summed E-state index contributed by atoms with van der Waals surface area (Å²) in [5, 5.41) is 0. The summed E-state index contributed by atoms with van der Waals surface area (Å²) in [6.45, 7) is 2.67. The van der Waals surface area contributed by atoms with Crippen LogP contribution in [0.5, 0.6) is 11.6 Å². The molecule has 2 aromatic heterocycles. The molecule has 136 valence electrons. The van der Waals surface area contributed by atoms with Crippen molar-refractivity contribution in [3.05, 3.63) is 72.7 Å². The van der Waals surface area contributed by atoms with Gasteiger partial charge in [0.15, 0.2) is 0 Å². The van der Waals surface area contributed by atoms with E-state index in [2.05, 4.69) is 19.9 Å². The lowest BCUT2D eigenvalue weighted by atomic mass is 10.1. The number of aromatic nitrogens is 3. The Labute approximate surface area is 157 Å². The van der Waals surface area contributed by atoms with Crippen LogP contribution in [0.4, 0.5) is 5.95 Å². The highest BCUT2D eigenvalue weighted by atomic mass is 16.5. The molecule has 1 aliphatic heterocycles. The minimum atomic E-state index is -0.00454. The summed E-state index contributed by atoms with van der Waals surface area (Å²) in [4.78, 5) is 29.5. The molecule has 3 heterocycles. The number of hydrogen-bond acceptors (Lipinski definition) is 6. The van der Waals surface area contributed by atoms with E-state index in [1.807, 2.05) is 29.2 Å². The molecular weight excluding hydrogens is 342 g/mol. The SMILES string of the molecule is O=C(c1cccc(Oc2ccccn2)c1)N1CCN(c2ncccn2)CC1. The van der Waals surface area contributed by atoms with Crippen LogP contribution in [0.3, 0.4) is 0 Å². The van der Waals surface area contributed by atoms with Crippen LogP contribution in [0, 0.1) is 0 Å². The lowest BCUT2D eigenvalue weighted by molar-refractivity contribution is 0.0746. The summed E-state index contributed by atoms with van der Waals surface area (Å²) in [7, 11) is 0. The molecular formula is C20H19N5O2. The molecule has 0 radical (unpaired) electrons. The molecule has 0 unspecified atom stereocenters. The second kappa shape index (κ2) is 7.82. The number of hydrogen-bond donors (Lipinski definition) is 0. The lowest BCUT2D eigenvalue weighted by Crippen LogP contribution is -2.49. The van der Waals surface area contributed by atoms with Gasteiger partial charge in [0.25, 0.3) is 5.91 Å². The summed E-state index contributed by atoms with van der Waals surface area (Å²) in [6, 6.07) is 14.4. The van der Waals surface area contributed by atoms with Crippen LogP contribution < -0.4 is 9.64 Å². The lowest BCUT2D eigenvalue weighted by Gasteiger charge is -2.34. The maximum Gasteiger partial charge on any atom is 0.254 e. The second-order valence-corrected chi connectivity index (χ2v) is 6.13. The van der Waals surface area contributed by atoms with Gasteiger partial charge in [0.2, 0.25) is 11.8 Å². The van der Waals surface area contributed by atoms with E-state index in [4.69, 9.17) is 4.74 Å². The number of amides is 1. The van der Waals surface area contributed by atoms with Gasteiger partial charge in [-0.3, -0.25) is 4.79 Å². The van der Waals surface area contributed by atoms with E-state index >= 15 is 0 Å². The van der Waals surface area contributed by atoms with Crippen molar-refractivity contribution in [1.29, 1.82) is 0 Å². The molecule has 0 N–H and O–H groups in total. The summed E-state index contributed by atoms with van der Waals surface area (Å²) in [5.41, 5.74) is 0.604. The van der Waals surface area contributed by atoms with Crippen LogP contribution in [0.15, 0.2) is 67.1 Å². The standard InChI is InChI=1S/C20H19N5O2/c26-19(24-11-13-25(14-12-24)20-22-9-4-10-23-20)16-5-3-6-17(15-16)27-18-7-1-2-8-21-18/h1-10,15H,11-14H2. The molecule has 1 amide bonds. The summed E-state index contributed by atoms with van der Waals surface area (Å²) in [6.07, 6.45) is 5.13. The van der Waals surface area contributed by atoms with E-state index in [1.54, 1.807) is 42.9 Å². The molecule has 7 heteroatoms. The van der Waals surface area contributed by atoms with Gasteiger partial charge in [-0.15, -0.1) is 0 Å². The second-order valence-electron chi connectivity index (χ2n) is 6.13. The first-order valence-electron chi connectivity index (χ1n) is 8.80. The van der Waals surface area contributed by atoms with Crippen molar-refractivity contribution in [1.82, 2.24) is 19.9 Å². The number of ether oxygens (including phenoxy) is 1. The van der Waals surface area contributed by atoms with Crippen LogP contribution in [0.25, 0.3) is 0 Å². The maximum absolute atomic E-state index is 12.9. The van der Waals surface area contributed by atoms with Crippen molar-refractivity contribution in [2.75, 3.05) is 31.1 Å². The fourth-order valence-corrected chi connectivity index (χ4v) is 2.97. The van der Waals surface area contributed by atoms with Gasteiger partial charge in [-0.2, -0.15) is 0 Å². The molecule has 0 atom stereocenters. The number of carbonyl (C=O) groups excluding carboxylic acids is 1. The molecule has 1 fully saturated rings. The highest BCUT2D eigenvalue weighted by Crippen LogP contribution is 2.21. The molecule has 7 nitrogen and oxygen atoms in total. The molecule has 0 bridgehead atoms. The van der Waals surface area contributed by atoms with E-state index in [1.165, 1.54) is 0 Å². The van der Waals surface area contributed by atoms with E-state index in [9.17, 15) is 4.79 Å². The third-order valence-electron chi connectivity index (χ3n) is 4.34. The molecule has 1 aromatic carbocycles. The number of rotatable bonds is 4. The first-order valence-corrected chi connectivity index (χ1v) is 8.80. The monoisotopic (exact) mass is 361 g/mol. The average Bonchev–Trinajstić information content (AvgIpc) is 2.75. The number of anilines is 1. The third kappa shape index (κ3) is 4.03. The Morgan fingerprint density at radius 1 is 0.852 bits per heavy atom. The zero-order valence-electron chi connectivity index (χ0n) is 14.7. The van der Waals surface area contributed by atoms with Crippen molar-refractivity contribution >= 4 is 11.9 Å². The van der Waals surface area contributed by atoms with Gasteiger partial charge < -0.3 is 14.5 Å². The molecule has 1 aliphatic rings. The summed E-state index contributed by atoms with van der Waals surface area (Å²) < 4.78 is 5.72. The van der Waals surface area contributed by atoms with Crippen molar-refractivity contribution < 1.29 is 9.53 Å². The molecule has 3 aromatic rings. The highest BCUT2D eigenvalue weighted by Gasteiger charge is 2.23. The molecule has 0 saturated carbocycles. The first kappa shape index (κ1) is 17.0. The largest absolute Gasteiger partial charge is 0.439 e. The Balaban J connectivity index is 1.41. The van der Waals surface area contributed by atoms with Crippen LogP contribution in [-0.4, -0.2) is 51.9 Å². The van der Waals surface area contributed by atoms with E-state index in [-0.39, 0.29) is 5.91 Å². The molecule has 27 heavy (non-hydrogen) atoms. The minimum Gasteiger partial charge on any atom is -0.439 e. The maximum atomic E-state index is 12.9. The fraction of sp³-hybridized carbons (Fsp3) is 0.200. The number of piperazine rings is 1. The van der Waals surface area contributed by atoms with Gasteiger partial charge in [-0.25, -0.2) is 15.0 Å². The topological polar surface area (TPSA) is 71.5 Å². The van der Waals surface area contributed by atoms with Crippen LogP contribution in [0.1, 0.15) is 10.4 Å². The van der Waals surface area contributed by atoms with Crippen LogP contribution >= 0.6 is 0 Å². The van der Waals surface area contributed by atoms with Crippen LogP contribution in [0.2, 0.25) is 0 Å². The van der Waals surface area contributed by atoms with Gasteiger partial charge in [-0.1, -0.05) is 12.1 Å². The zero-order valence-corrected chi connectivity index (χ0v) is 14.7. The summed E-state index contributed by atoms with van der Waals surface area (Å²) in [5.74, 6) is 1.79. The van der Waals surface area contributed by atoms with Crippen LogP contribution in [-0.2, 0) is 0 Å². The molecule has 0 spiro atoms. The van der Waals surface area contributed by atoms with E-state index in [0.29, 0.717) is 49.3 Å². The van der Waals surface area contributed by atoms with E-state index < -0.39 is 0 Å². The predicted octanol–water partition coefficient (Wildman–Crippen LogP) is 2.63. The molecule has 4 rings (SSSR count). The quantitative estimate of drug-likeness (QED) is 0.711. The Kier molecular flexibility index (Phi) is 4.91. The predicted molar refractivity (Wildman–Crippen MR) is 101 cm³/mol. The minimum absolute atomic E-state index is 0.00454. The third-order valence-corrected chi connectivity index (χ3v) is 4.34. The van der Waals surface area contributed by atoms with Crippen molar-refractivity contribution in [3.8, 4) is 11.6 Å². The Morgan fingerprint density at radius 3 is 2.37 bits per heavy atom.